The molecular formula is C41H56FNO3Si2. The van der Waals surface area contributed by atoms with E-state index in [0.29, 0.717) is 23.7 Å². The highest BCUT2D eigenvalue weighted by atomic mass is 28.4. The Kier molecular flexibility index (Phi) is 11.3. The van der Waals surface area contributed by atoms with Gasteiger partial charge in [-0.2, -0.15) is 0 Å². The van der Waals surface area contributed by atoms with Crippen molar-refractivity contribution in [1.29, 1.82) is 0 Å². The van der Waals surface area contributed by atoms with Crippen molar-refractivity contribution in [3.63, 3.8) is 0 Å². The Morgan fingerprint density at radius 1 is 0.875 bits per heavy atom. The van der Waals surface area contributed by atoms with Gasteiger partial charge in [-0.25, -0.2) is 4.39 Å². The normalized spacial score (nSPS) is 18.6. The van der Waals surface area contributed by atoms with Crippen LogP contribution in [0.25, 0.3) is 5.57 Å². The van der Waals surface area contributed by atoms with Gasteiger partial charge in [0.15, 0.2) is 5.78 Å². The number of hydrogen-bond acceptors (Lipinski definition) is 4. The fraction of sp³-hybridized carbons (Fsp3) is 0.439. The van der Waals surface area contributed by atoms with Crippen LogP contribution in [0.3, 0.4) is 0 Å². The third-order valence-corrected chi connectivity index (χ3v) is 15.6. The van der Waals surface area contributed by atoms with Crippen LogP contribution in [0.2, 0.25) is 5.04 Å². The second-order valence-electron chi connectivity index (χ2n) is 15.7. The molecule has 1 heterocycles. The van der Waals surface area contributed by atoms with Crippen molar-refractivity contribution < 1.29 is 18.0 Å². The number of nitrogens with zero attached hydrogens (tertiary/aromatic N) is 1. The average Bonchev–Trinajstić information content (AvgIpc) is 3.02. The summed E-state index contributed by atoms with van der Waals surface area (Å²) in [4.78, 5) is 16.7. The maximum Gasteiger partial charge on any atom is 0.261 e. The molecular weight excluding hydrogens is 630 g/mol. The summed E-state index contributed by atoms with van der Waals surface area (Å²) < 4.78 is 28.0. The molecule has 0 radical (unpaired) electrons. The number of carbonyl (C=O) groups is 1. The first-order valence-corrected chi connectivity index (χ1v) is 19.9. The molecule has 0 amide bonds. The van der Waals surface area contributed by atoms with Gasteiger partial charge in [0.1, 0.15) is 16.3 Å². The quantitative estimate of drug-likeness (QED) is 0.199. The maximum absolute atomic E-state index is 14.4. The number of likely N-dealkylation sites (N-methyl/N-ethyl adjacent to an activating group) is 1. The zero-order valence-corrected chi connectivity index (χ0v) is 34.2. The van der Waals surface area contributed by atoms with Crippen LogP contribution in [0, 0.1) is 23.1 Å². The smallest absolute Gasteiger partial charge is 0.261 e. The van der Waals surface area contributed by atoms with Crippen LogP contribution in [-0.2, 0) is 13.6 Å². The Balaban J connectivity index is 2.04. The number of carbonyl (C=O) groups excluding carboxylic acids is 1. The molecule has 258 valence electrons. The van der Waals surface area contributed by atoms with Crippen molar-refractivity contribution in [1.82, 2.24) is 4.90 Å². The summed E-state index contributed by atoms with van der Waals surface area (Å²) >= 11 is 0. The van der Waals surface area contributed by atoms with Crippen LogP contribution in [0.15, 0.2) is 102 Å². The number of Topliss-reactive ketones (excluding diaryl/α,β-unsaturated/α-hetero) is 1. The van der Waals surface area contributed by atoms with Crippen LogP contribution in [0.1, 0.15) is 74.8 Å². The van der Waals surface area contributed by atoms with Crippen molar-refractivity contribution in [2.45, 2.75) is 79.8 Å². The molecule has 0 fully saturated rings. The molecule has 0 aromatic heterocycles. The standard InChI is InChI=1S/C41H56FNO3Si2/c1-28(2)41(29(3)26-46-48(40(8,9)10,33-18-14-12-15-19-33)34-20-16-13-17-21-34)37(30(4)44)36(31-22-24-32(42)25-23-31)38(39(5,6)7)35(27-45-47)43(41)11/h12-25,28-29H,26-27H2,1-11,47H3/t29-,41?/m1/s1. The van der Waals surface area contributed by atoms with E-state index in [2.05, 4.69) is 135 Å². The van der Waals surface area contributed by atoms with Gasteiger partial charge in [-0.15, -0.1) is 0 Å². The lowest BCUT2D eigenvalue weighted by molar-refractivity contribution is -0.116. The van der Waals surface area contributed by atoms with Crippen LogP contribution in [-0.4, -0.2) is 55.3 Å². The molecule has 3 aromatic rings. The number of ketones is 1. The van der Waals surface area contributed by atoms with Gasteiger partial charge in [0, 0.05) is 30.8 Å². The van der Waals surface area contributed by atoms with Crippen LogP contribution >= 0.6 is 0 Å². The molecule has 7 heteroatoms. The molecule has 4 rings (SSSR count). The summed E-state index contributed by atoms with van der Waals surface area (Å²) in [6.07, 6.45) is 0. The molecule has 1 aliphatic heterocycles. The minimum atomic E-state index is -2.87. The fourth-order valence-electron chi connectivity index (χ4n) is 8.47. The molecule has 0 aliphatic carbocycles. The molecule has 4 nitrogen and oxygen atoms in total. The number of halogens is 1. The van der Waals surface area contributed by atoms with Gasteiger partial charge in [0.25, 0.3) is 8.32 Å². The first-order chi connectivity index (χ1) is 22.5. The average molecular weight is 686 g/mol. The largest absolute Gasteiger partial charge is 0.422 e. The summed E-state index contributed by atoms with van der Waals surface area (Å²) in [5.41, 5.74) is 3.55. The predicted octanol–water partition coefficient (Wildman–Crippen LogP) is 7.32. The molecule has 0 saturated carbocycles. The van der Waals surface area contributed by atoms with Gasteiger partial charge < -0.3 is 13.8 Å². The molecule has 48 heavy (non-hydrogen) atoms. The van der Waals surface area contributed by atoms with Crippen molar-refractivity contribution in [2.75, 3.05) is 20.3 Å². The van der Waals surface area contributed by atoms with E-state index in [4.69, 9.17) is 8.85 Å². The van der Waals surface area contributed by atoms with Crippen molar-refractivity contribution in [2.24, 2.45) is 17.3 Å². The van der Waals surface area contributed by atoms with Gasteiger partial charge in [-0.3, -0.25) is 4.79 Å². The SMILES string of the molecule is CC(=O)C1=C(c2ccc(F)cc2)C(C(C)(C)C)=C(CO[SiH3])N(C)C1(C(C)C)[C@H](C)CO[Si](c1ccccc1)(c1ccccc1)C(C)(C)C. The van der Waals surface area contributed by atoms with E-state index in [0.717, 1.165) is 28.0 Å². The number of benzene rings is 3. The lowest BCUT2D eigenvalue weighted by Crippen LogP contribution is -2.68. The minimum absolute atomic E-state index is 0.0137. The van der Waals surface area contributed by atoms with E-state index in [1.165, 1.54) is 22.5 Å². The zero-order chi connectivity index (χ0) is 35.7. The Morgan fingerprint density at radius 2 is 1.38 bits per heavy atom. The summed E-state index contributed by atoms with van der Waals surface area (Å²) in [6, 6.07) is 28.0. The number of allylic oxidation sites excluding steroid dienone is 2. The molecule has 2 atom stereocenters. The third kappa shape index (κ3) is 6.59. The van der Waals surface area contributed by atoms with Crippen molar-refractivity contribution >= 4 is 40.5 Å². The monoisotopic (exact) mass is 685 g/mol. The topological polar surface area (TPSA) is 38.8 Å². The van der Waals surface area contributed by atoms with Crippen molar-refractivity contribution in [3.8, 4) is 0 Å². The lowest BCUT2D eigenvalue weighted by atomic mass is 9.61. The Labute approximate surface area is 293 Å². The zero-order valence-electron chi connectivity index (χ0n) is 31.2. The van der Waals surface area contributed by atoms with E-state index in [1.54, 1.807) is 6.92 Å². The maximum atomic E-state index is 14.4. The molecule has 1 unspecified atom stereocenters. The number of rotatable bonds is 11. The molecule has 0 N–H and O–H groups in total. The van der Waals surface area contributed by atoms with E-state index < -0.39 is 13.9 Å². The first-order valence-electron chi connectivity index (χ1n) is 17.2. The number of hydrogen-bond donors (Lipinski definition) is 0. The van der Waals surface area contributed by atoms with Crippen LogP contribution in [0.5, 0.6) is 0 Å². The van der Waals surface area contributed by atoms with E-state index in [-0.39, 0.29) is 33.9 Å². The highest BCUT2D eigenvalue weighted by molar-refractivity contribution is 6.99. The van der Waals surface area contributed by atoms with Gasteiger partial charge in [-0.05, 0) is 62.5 Å². The summed E-state index contributed by atoms with van der Waals surface area (Å²) in [5, 5.41) is 2.25. The molecule has 1 aliphatic rings. The van der Waals surface area contributed by atoms with E-state index in [9.17, 15) is 9.18 Å². The Bertz CT molecular complexity index is 1600. The second-order valence-corrected chi connectivity index (χ2v) is 20.6. The van der Waals surface area contributed by atoms with Crippen LogP contribution < -0.4 is 10.4 Å². The van der Waals surface area contributed by atoms with Gasteiger partial charge in [0.05, 0.1) is 12.1 Å². The summed E-state index contributed by atoms with van der Waals surface area (Å²) in [6.45, 7) is 22.6. The molecule has 0 spiro atoms. The van der Waals surface area contributed by atoms with Gasteiger partial charge in [-0.1, -0.05) is 135 Å². The second kappa shape index (κ2) is 14.4. The molecule has 0 bridgehead atoms. The van der Waals surface area contributed by atoms with Crippen molar-refractivity contribution in [3.05, 3.63) is 113 Å². The van der Waals surface area contributed by atoms with E-state index in [1.807, 2.05) is 12.1 Å². The highest BCUT2D eigenvalue weighted by Crippen LogP contribution is 2.54. The summed E-state index contributed by atoms with van der Waals surface area (Å²) in [5.74, 6) is -0.396. The fourth-order valence-corrected chi connectivity index (χ4v) is 13.4. The molecule has 3 aromatic carbocycles. The third-order valence-electron chi connectivity index (χ3n) is 10.3. The van der Waals surface area contributed by atoms with E-state index >= 15 is 0 Å². The summed E-state index contributed by atoms with van der Waals surface area (Å²) in [7, 11) is -0.168. The van der Waals surface area contributed by atoms with Crippen LogP contribution in [0.4, 0.5) is 4.39 Å². The van der Waals surface area contributed by atoms with Gasteiger partial charge in [0.2, 0.25) is 0 Å². The predicted molar refractivity (Wildman–Crippen MR) is 204 cm³/mol. The lowest BCUT2D eigenvalue weighted by Gasteiger charge is -2.57. The Hall–Kier alpha value is -3.11. The highest BCUT2D eigenvalue weighted by Gasteiger charge is 2.56. The molecule has 0 saturated heterocycles. The first kappa shape index (κ1) is 37.7. The Morgan fingerprint density at radius 3 is 1.77 bits per heavy atom. The van der Waals surface area contributed by atoms with Gasteiger partial charge >= 0.3 is 0 Å². The minimum Gasteiger partial charge on any atom is -0.422 e.